The highest BCUT2D eigenvalue weighted by Crippen LogP contribution is 2.31. The van der Waals surface area contributed by atoms with E-state index in [0.29, 0.717) is 23.9 Å². The van der Waals surface area contributed by atoms with E-state index in [9.17, 15) is 4.79 Å². The smallest absolute Gasteiger partial charge is 0.363 e. The van der Waals surface area contributed by atoms with E-state index >= 15 is 0 Å². The second-order valence-electron chi connectivity index (χ2n) is 5.62. The zero-order chi connectivity index (χ0) is 17.8. The SMILES string of the molecule is CCOc1cc(/C=C2\N=C(c3ccco3)OC2=O)ccc1OC(C)C. The van der Waals surface area contributed by atoms with E-state index in [4.69, 9.17) is 18.6 Å². The summed E-state index contributed by atoms with van der Waals surface area (Å²) in [7, 11) is 0. The van der Waals surface area contributed by atoms with Crippen molar-refractivity contribution in [2.75, 3.05) is 6.61 Å². The van der Waals surface area contributed by atoms with Crippen molar-refractivity contribution < 1.29 is 23.4 Å². The maximum atomic E-state index is 12.0. The Morgan fingerprint density at radius 2 is 2.08 bits per heavy atom. The van der Waals surface area contributed by atoms with E-state index in [-0.39, 0.29) is 17.7 Å². The summed E-state index contributed by atoms with van der Waals surface area (Å²) in [6, 6.07) is 8.84. The lowest BCUT2D eigenvalue weighted by Gasteiger charge is -2.14. The standard InChI is InChI=1S/C19H19NO5/c1-4-22-17-11-13(7-8-15(17)24-12(2)3)10-14-19(21)25-18(20-14)16-6-5-9-23-16/h5-12H,4H2,1-3H3/b14-10-. The summed E-state index contributed by atoms with van der Waals surface area (Å²) >= 11 is 0. The Kier molecular flexibility index (Phi) is 4.88. The lowest BCUT2D eigenvalue weighted by Crippen LogP contribution is -2.07. The van der Waals surface area contributed by atoms with E-state index in [1.165, 1.54) is 6.26 Å². The van der Waals surface area contributed by atoms with Gasteiger partial charge in [0.15, 0.2) is 23.0 Å². The Hall–Kier alpha value is -3.02. The Bertz CT molecular complexity index is 818. The van der Waals surface area contributed by atoms with Gasteiger partial charge >= 0.3 is 5.97 Å². The summed E-state index contributed by atoms with van der Waals surface area (Å²) in [5, 5.41) is 0. The molecule has 1 aliphatic rings. The predicted octanol–water partition coefficient (Wildman–Crippen LogP) is 3.81. The quantitative estimate of drug-likeness (QED) is 0.590. The normalized spacial score (nSPS) is 15.4. The van der Waals surface area contributed by atoms with Gasteiger partial charge in [-0.05, 0) is 56.7 Å². The first-order chi connectivity index (χ1) is 12.1. The number of carbonyl (C=O) groups is 1. The highest BCUT2D eigenvalue weighted by atomic mass is 16.6. The van der Waals surface area contributed by atoms with E-state index in [0.717, 1.165) is 5.56 Å². The molecular formula is C19H19NO5. The minimum absolute atomic E-state index is 0.0358. The Balaban J connectivity index is 1.90. The van der Waals surface area contributed by atoms with Gasteiger partial charge in [-0.3, -0.25) is 0 Å². The zero-order valence-electron chi connectivity index (χ0n) is 14.3. The lowest BCUT2D eigenvalue weighted by molar-refractivity contribution is -0.130. The van der Waals surface area contributed by atoms with Crippen LogP contribution in [0.2, 0.25) is 0 Å². The minimum atomic E-state index is -0.521. The van der Waals surface area contributed by atoms with E-state index in [1.54, 1.807) is 18.2 Å². The van der Waals surface area contributed by atoms with Gasteiger partial charge in [-0.2, -0.15) is 0 Å². The third-order valence-corrected chi connectivity index (χ3v) is 3.29. The number of esters is 1. The number of cyclic esters (lactones) is 1. The number of furan rings is 1. The summed E-state index contributed by atoms with van der Waals surface area (Å²) in [6.07, 6.45) is 3.17. The van der Waals surface area contributed by atoms with Crippen LogP contribution in [0, 0.1) is 0 Å². The average molecular weight is 341 g/mol. The maximum Gasteiger partial charge on any atom is 0.363 e. The number of benzene rings is 1. The van der Waals surface area contributed by atoms with Crippen molar-refractivity contribution in [2.45, 2.75) is 26.9 Å². The van der Waals surface area contributed by atoms with Gasteiger partial charge in [0.05, 0.1) is 19.0 Å². The molecule has 0 radical (unpaired) electrons. The van der Waals surface area contributed by atoms with Crippen molar-refractivity contribution in [1.29, 1.82) is 0 Å². The third-order valence-electron chi connectivity index (χ3n) is 3.29. The molecule has 25 heavy (non-hydrogen) atoms. The molecule has 2 aromatic rings. The molecule has 3 rings (SSSR count). The largest absolute Gasteiger partial charge is 0.490 e. The van der Waals surface area contributed by atoms with Crippen molar-refractivity contribution in [1.82, 2.24) is 0 Å². The fourth-order valence-electron chi connectivity index (χ4n) is 2.31. The topological polar surface area (TPSA) is 70.3 Å². The van der Waals surface area contributed by atoms with Gasteiger partial charge < -0.3 is 18.6 Å². The molecule has 1 aromatic carbocycles. The monoisotopic (exact) mass is 341 g/mol. The van der Waals surface area contributed by atoms with Crippen LogP contribution in [0.25, 0.3) is 6.08 Å². The van der Waals surface area contributed by atoms with Crippen LogP contribution in [0.5, 0.6) is 11.5 Å². The number of rotatable bonds is 6. The molecule has 0 fully saturated rings. The van der Waals surface area contributed by atoms with E-state index in [1.807, 2.05) is 39.0 Å². The molecular weight excluding hydrogens is 322 g/mol. The summed E-state index contributed by atoms with van der Waals surface area (Å²) in [4.78, 5) is 16.2. The van der Waals surface area contributed by atoms with E-state index in [2.05, 4.69) is 4.99 Å². The highest BCUT2D eigenvalue weighted by molar-refractivity contribution is 6.11. The van der Waals surface area contributed by atoms with Crippen molar-refractivity contribution in [2.24, 2.45) is 4.99 Å². The molecule has 0 aliphatic carbocycles. The molecule has 2 heterocycles. The van der Waals surface area contributed by atoms with Gasteiger partial charge in [0.2, 0.25) is 0 Å². The van der Waals surface area contributed by atoms with Crippen LogP contribution >= 0.6 is 0 Å². The number of ether oxygens (including phenoxy) is 3. The van der Waals surface area contributed by atoms with Crippen LogP contribution in [0.1, 0.15) is 32.1 Å². The van der Waals surface area contributed by atoms with Gasteiger partial charge in [-0.25, -0.2) is 9.79 Å². The Morgan fingerprint density at radius 3 is 2.76 bits per heavy atom. The molecule has 0 N–H and O–H groups in total. The number of nitrogens with zero attached hydrogens (tertiary/aromatic N) is 1. The molecule has 6 heteroatoms. The van der Waals surface area contributed by atoms with Crippen LogP contribution in [0.15, 0.2) is 51.7 Å². The molecule has 0 saturated heterocycles. The van der Waals surface area contributed by atoms with E-state index < -0.39 is 5.97 Å². The third kappa shape index (κ3) is 3.91. The van der Waals surface area contributed by atoms with Crippen LogP contribution in [0.3, 0.4) is 0 Å². The van der Waals surface area contributed by atoms with Crippen molar-refractivity contribution >= 4 is 17.9 Å². The molecule has 0 bridgehead atoms. The summed E-state index contributed by atoms with van der Waals surface area (Å²) < 4.78 is 21.7. The predicted molar refractivity (Wildman–Crippen MR) is 92.7 cm³/mol. The molecule has 1 aromatic heterocycles. The first-order valence-electron chi connectivity index (χ1n) is 8.06. The van der Waals surface area contributed by atoms with Crippen LogP contribution in [-0.2, 0) is 9.53 Å². The second-order valence-corrected chi connectivity index (χ2v) is 5.62. The van der Waals surface area contributed by atoms with Crippen molar-refractivity contribution in [3.63, 3.8) is 0 Å². The molecule has 0 amide bonds. The van der Waals surface area contributed by atoms with Gasteiger partial charge in [0.1, 0.15) is 0 Å². The summed E-state index contributed by atoms with van der Waals surface area (Å²) in [5.41, 5.74) is 0.960. The number of aliphatic imine (C=N–C) groups is 1. The second kappa shape index (κ2) is 7.25. The highest BCUT2D eigenvalue weighted by Gasteiger charge is 2.25. The van der Waals surface area contributed by atoms with Crippen molar-refractivity contribution in [3.05, 3.63) is 53.6 Å². The van der Waals surface area contributed by atoms with Crippen LogP contribution in [0.4, 0.5) is 0 Å². The molecule has 6 nitrogen and oxygen atoms in total. The number of carbonyl (C=O) groups excluding carboxylic acids is 1. The molecule has 130 valence electrons. The molecule has 0 atom stereocenters. The molecule has 0 spiro atoms. The van der Waals surface area contributed by atoms with Gasteiger partial charge in [-0.15, -0.1) is 0 Å². The Labute approximate surface area is 145 Å². The number of hydrogen-bond acceptors (Lipinski definition) is 6. The molecule has 1 aliphatic heterocycles. The summed E-state index contributed by atoms with van der Waals surface area (Å²) in [6.45, 7) is 6.31. The first-order valence-corrected chi connectivity index (χ1v) is 8.06. The first kappa shape index (κ1) is 16.8. The van der Waals surface area contributed by atoms with Crippen molar-refractivity contribution in [3.8, 4) is 11.5 Å². The average Bonchev–Trinajstić information content (AvgIpc) is 3.20. The van der Waals surface area contributed by atoms with Crippen LogP contribution < -0.4 is 9.47 Å². The van der Waals surface area contributed by atoms with Gasteiger partial charge in [0, 0.05) is 0 Å². The Morgan fingerprint density at radius 1 is 1.24 bits per heavy atom. The minimum Gasteiger partial charge on any atom is -0.490 e. The van der Waals surface area contributed by atoms with Gasteiger partial charge in [0.25, 0.3) is 5.90 Å². The molecule has 0 saturated carbocycles. The van der Waals surface area contributed by atoms with Crippen LogP contribution in [-0.4, -0.2) is 24.6 Å². The number of hydrogen-bond donors (Lipinski definition) is 0. The maximum absolute atomic E-state index is 12.0. The fourth-order valence-corrected chi connectivity index (χ4v) is 2.31. The van der Waals surface area contributed by atoms with Gasteiger partial charge in [-0.1, -0.05) is 6.07 Å². The zero-order valence-corrected chi connectivity index (χ0v) is 14.3. The lowest BCUT2D eigenvalue weighted by atomic mass is 10.1. The summed E-state index contributed by atoms with van der Waals surface area (Å²) in [5.74, 6) is 1.32. The fraction of sp³-hybridized carbons (Fsp3) is 0.263. The molecule has 0 unspecified atom stereocenters.